The Morgan fingerprint density at radius 2 is 1.96 bits per heavy atom. The molecule has 4 heterocycles. The van der Waals surface area contributed by atoms with E-state index in [-0.39, 0.29) is 11.7 Å². The Morgan fingerprint density at radius 1 is 1.15 bits per heavy atom. The number of benzene rings is 1. The van der Waals surface area contributed by atoms with E-state index in [1.54, 1.807) is 28.8 Å². The molecule has 26 heavy (non-hydrogen) atoms. The third-order valence-electron chi connectivity index (χ3n) is 4.14. The van der Waals surface area contributed by atoms with E-state index in [0.717, 1.165) is 10.9 Å². The third kappa shape index (κ3) is 1.98. The smallest absolute Gasteiger partial charge is 0.296 e. The third-order valence-corrected chi connectivity index (χ3v) is 4.41. The number of aromatic nitrogens is 7. The Bertz CT molecular complexity index is 1290. The largest absolute Gasteiger partial charge is 0.382 e. The molecule has 5 rings (SSSR count). The molecule has 130 valence electrons. The minimum atomic E-state index is -1.23. The lowest BCUT2D eigenvalue weighted by molar-refractivity contribution is 0.0661. The summed E-state index contributed by atoms with van der Waals surface area (Å²) in [7, 11) is 0. The van der Waals surface area contributed by atoms with Gasteiger partial charge in [0.25, 0.3) is 5.89 Å². The Hall–Kier alpha value is -3.04. The van der Waals surface area contributed by atoms with Crippen molar-refractivity contribution in [1.29, 1.82) is 0 Å². The van der Waals surface area contributed by atoms with Crippen LogP contribution in [0.15, 0.2) is 35.0 Å². The quantitative estimate of drug-likeness (QED) is 0.509. The van der Waals surface area contributed by atoms with Crippen molar-refractivity contribution in [3.8, 4) is 11.7 Å². The first-order valence-corrected chi connectivity index (χ1v) is 8.18. The molecule has 0 bridgehead atoms. The van der Waals surface area contributed by atoms with E-state index in [1.165, 1.54) is 0 Å². The van der Waals surface area contributed by atoms with Gasteiger partial charge < -0.3 is 9.63 Å². The van der Waals surface area contributed by atoms with Gasteiger partial charge in [0.2, 0.25) is 16.9 Å². The zero-order valence-electron chi connectivity index (χ0n) is 13.8. The summed E-state index contributed by atoms with van der Waals surface area (Å²) < 4.78 is 8.85. The molecule has 1 N–H and O–H groups in total. The number of aliphatic hydroxyl groups is 1. The van der Waals surface area contributed by atoms with Gasteiger partial charge >= 0.3 is 0 Å². The second-order valence-corrected chi connectivity index (χ2v) is 6.74. The minimum absolute atomic E-state index is 0.143. The van der Waals surface area contributed by atoms with Gasteiger partial charge in [-0.25, -0.2) is 4.98 Å². The molecule has 0 amide bonds. The van der Waals surface area contributed by atoms with Crippen LogP contribution in [0, 0.1) is 0 Å². The highest BCUT2D eigenvalue weighted by atomic mass is 35.5. The zero-order chi connectivity index (χ0) is 18.1. The minimum Gasteiger partial charge on any atom is -0.382 e. The van der Waals surface area contributed by atoms with Gasteiger partial charge in [-0.15, -0.1) is 10.2 Å². The van der Waals surface area contributed by atoms with Gasteiger partial charge in [0.15, 0.2) is 5.65 Å². The van der Waals surface area contributed by atoms with Crippen LogP contribution in [0.2, 0.25) is 5.28 Å². The van der Waals surface area contributed by atoms with Crippen LogP contribution in [0.4, 0.5) is 0 Å². The van der Waals surface area contributed by atoms with Crippen LogP contribution in [0.25, 0.3) is 33.9 Å². The fraction of sp³-hybridized carbons (Fsp3) is 0.188. The van der Waals surface area contributed by atoms with Crippen LogP contribution in [-0.4, -0.2) is 39.2 Å². The van der Waals surface area contributed by atoms with Crippen molar-refractivity contribution >= 4 is 33.8 Å². The van der Waals surface area contributed by atoms with E-state index >= 15 is 0 Å². The second kappa shape index (κ2) is 4.99. The molecule has 9 nitrogen and oxygen atoms in total. The van der Waals surface area contributed by atoms with Gasteiger partial charge in [-0.3, -0.25) is 8.80 Å². The van der Waals surface area contributed by atoms with E-state index in [2.05, 4.69) is 25.3 Å². The Morgan fingerprint density at radius 3 is 2.73 bits per heavy atom. The molecule has 0 atom stereocenters. The fourth-order valence-corrected chi connectivity index (χ4v) is 3.16. The number of halogens is 1. The number of hydrogen-bond acceptors (Lipinski definition) is 7. The van der Waals surface area contributed by atoms with E-state index in [9.17, 15) is 5.11 Å². The zero-order valence-corrected chi connectivity index (χ0v) is 14.5. The first-order chi connectivity index (χ1) is 12.4. The number of hydrogen-bond donors (Lipinski definition) is 1. The van der Waals surface area contributed by atoms with Gasteiger partial charge in [0.1, 0.15) is 11.2 Å². The summed E-state index contributed by atoms with van der Waals surface area (Å²) in [5.41, 5.74) is 0.901. The molecular formula is C16H12ClN7O2. The maximum atomic E-state index is 10.1. The molecule has 0 spiro atoms. The Balaban J connectivity index is 1.90. The van der Waals surface area contributed by atoms with Crippen molar-refractivity contribution < 1.29 is 9.63 Å². The van der Waals surface area contributed by atoms with Crippen LogP contribution in [0.5, 0.6) is 0 Å². The average Bonchev–Trinajstić information content (AvgIpc) is 3.31. The summed E-state index contributed by atoms with van der Waals surface area (Å²) in [6.07, 6.45) is 1.63. The normalized spacial score (nSPS) is 12.6. The summed E-state index contributed by atoms with van der Waals surface area (Å²) in [6.45, 7) is 3.15. The molecule has 0 aliphatic carbocycles. The molecule has 0 fully saturated rings. The van der Waals surface area contributed by atoms with E-state index < -0.39 is 5.60 Å². The van der Waals surface area contributed by atoms with Crippen molar-refractivity contribution in [2.45, 2.75) is 19.4 Å². The van der Waals surface area contributed by atoms with E-state index in [1.807, 2.05) is 24.3 Å². The molecule has 0 saturated carbocycles. The van der Waals surface area contributed by atoms with Crippen molar-refractivity contribution in [3.63, 3.8) is 0 Å². The number of nitrogens with zero attached hydrogens (tertiary/aromatic N) is 7. The molecule has 0 unspecified atom stereocenters. The van der Waals surface area contributed by atoms with Crippen LogP contribution < -0.4 is 0 Å². The molecule has 4 aromatic heterocycles. The standard InChI is InChI=1S/C16H12ClN7O2/c1-16(2,25)14-19-13(26-22-14)12-21-20-11-8-5-3-4-6-9(8)23-10(24(11)12)7-18-15(23)17/h3-7,25H,1-2H3. The summed E-state index contributed by atoms with van der Waals surface area (Å²) in [6, 6.07) is 7.68. The van der Waals surface area contributed by atoms with Gasteiger partial charge in [0.05, 0.1) is 11.7 Å². The van der Waals surface area contributed by atoms with Crippen molar-refractivity contribution in [2.75, 3.05) is 0 Å². The molecular weight excluding hydrogens is 358 g/mol. The van der Waals surface area contributed by atoms with Gasteiger partial charge in [0, 0.05) is 5.39 Å². The maximum Gasteiger partial charge on any atom is 0.296 e. The molecule has 10 heteroatoms. The SMILES string of the molecule is CC(C)(O)c1noc(-c2nnc3c4ccccc4n4c(Cl)ncc4n23)n1. The van der Waals surface area contributed by atoms with Crippen LogP contribution in [0.3, 0.4) is 0 Å². The number of para-hydroxylation sites is 1. The first-order valence-electron chi connectivity index (χ1n) is 7.81. The van der Waals surface area contributed by atoms with Gasteiger partial charge in [-0.1, -0.05) is 17.3 Å². The number of fused-ring (bicyclic) bond motifs is 6. The Kier molecular flexibility index (Phi) is 2.92. The summed E-state index contributed by atoms with van der Waals surface area (Å²) in [5.74, 6) is 0.645. The van der Waals surface area contributed by atoms with Crippen LogP contribution in [-0.2, 0) is 5.60 Å². The monoisotopic (exact) mass is 369 g/mol. The van der Waals surface area contributed by atoms with Gasteiger partial charge in [-0.2, -0.15) is 4.98 Å². The lowest BCUT2D eigenvalue weighted by Crippen LogP contribution is -2.17. The first kappa shape index (κ1) is 15.2. The maximum absolute atomic E-state index is 10.1. The van der Waals surface area contributed by atoms with Crippen molar-refractivity contribution in [3.05, 3.63) is 41.6 Å². The molecule has 0 aliphatic heterocycles. The summed E-state index contributed by atoms with van der Waals surface area (Å²) >= 11 is 6.29. The number of rotatable bonds is 2. The molecule has 1 aromatic carbocycles. The Labute approximate surface area is 150 Å². The lowest BCUT2D eigenvalue weighted by Gasteiger charge is -2.09. The van der Waals surface area contributed by atoms with Crippen LogP contribution in [0.1, 0.15) is 19.7 Å². The number of imidazole rings is 1. The van der Waals surface area contributed by atoms with Crippen molar-refractivity contribution in [2.24, 2.45) is 0 Å². The van der Waals surface area contributed by atoms with E-state index in [4.69, 9.17) is 16.1 Å². The predicted molar refractivity (Wildman–Crippen MR) is 92.8 cm³/mol. The predicted octanol–water partition coefficient (Wildman–Crippen LogP) is 2.46. The lowest BCUT2D eigenvalue weighted by atomic mass is 10.1. The molecule has 0 aliphatic rings. The average molecular weight is 370 g/mol. The highest BCUT2D eigenvalue weighted by molar-refractivity contribution is 6.29. The summed E-state index contributed by atoms with van der Waals surface area (Å²) in [5, 5.41) is 23.6. The van der Waals surface area contributed by atoms with Crippen LogP contribution >= 0.6 is 11.6 Å². The van der Waals surface area contributed by atoms with Crippen molar-refractivity contribution in [1.82, 2.24) is 34.1 Å². The fourth-order valence-electron chi connectivity index (χ4n) is 2.94. The molecule has 0 radical (unpaired) electrons. The molecule has 5 aromatic rings. The second-order valence-electron chi connectivity index (χ2n) is 6.40. The summed E-state index contributed by atoms with van der Waals surface area (Å²) in [4.78, 5) is 8.45. The van der Waals surface area contributed by atoms with E-state index in [0.29, 0.717) is 22.4 Å². The topological polar surface area (TPSA) is 107 Å². The van der Waals surface area contributed by atoms with Gasteiger partial charge in [-0.05, 0) is 37.6 Å². The highest BCUT2D eigenvalue weighted by Crippen LogP contribution is 2.29. The molecule has 0 saturated heterocycles. The highest BCUT2D eigenvalue weighted by Gasteiger charge is 2.26.